The Bertz CT molecular complexity index is 849. The average molecular weight is 402 g/mol. The van der Waals surface area contributed by atoms with E-state index in [1.54, 1.807) is 0 Å². The molecule has 2 aromatic rings. The van der Waals surface area contributed by atoms with Crippen molar-refractivity contribution < 1.29 is 22.7 Å². The van der Waals surface area contributed by atoms with Crippen molar-refractivity contribution in [3.63, 3.8) is 0 Å². The van der Waals surface area contributed by atoms with Crippen LogP contribution in [0.25, 0.3) is 11.4 Å². The van der Waals surface area contributed by atoms with Crippen LogP contribution >= 0.6 is 11.6 Å². The van der Waals surface area contributed by atoms with Gasteiger partial charge in [-0.2, -0.15) is 13.2 Å². The molecule has 1 saturated heterocycles. The summed E-state index contributed by atoms with van der Waals surface area (Å²) < 4.78 is 44.0. The predicted molar refractivity (Wildman–Crippen MR) is 90.2 cm³/mol. The van der Waals surface area contributed by atoms with Gasteiger partial charge >= 0.3 is 6.18 Å². The molecule has 3 rings (SSSR count). The van der Waals surface area contributed by atoms with E-state index in [2.05, 4.69) is 25.6 Å². The van der Waals surface area contributed by atoms with Crippen LogP contribution in [0.3, 0.4) is 0 Å². The normalized spacial score (nSPS) is 20.3. The number of ether oxygens (including phenoxy) is 1. The Morgan fingerprint density at radius 1 is 1.26 bits per heavy atom. The molecule has 3 heterocycles. The topological polar surface area (TPSA) is 89.0 Å². The minimum atomic E-state index is -4.47. The van der Waals surface area contributed by atoms with E-state index in [4.69, 9.17) is 16.3 Å². The van der Waals surface area contributed by atoms with E-state index >= 15 is 0 Å². The Labute approximate surface area is 157 Å². The second kappa shape index (κ2) is 7.75. The van der Waals surface area contributed by atoms with Gasteiger partial charge in [-0.25, -0.2) is 15.0 Å². The molecule has 0 spiro atoms. The van der Waals surface area contributed by atoms with E-state index in [-0.39, 0.29) is 23.9 Å². The molecule has 2 aromatic heterocycles. The van der Waals surface area contributed by atoms with Crippen LogP contribution in [0.15, 0.2) is 24.5 Å². The Kier molecular flexibility index (Phi) is 5.59. The van der Waals surface area contributed by atoms with Crippen molar-refractivity contribution in [1.29, 1.82) is 0 Å². The molecule has 27 heavy (non-hydrogen) atoms. The summed E-state index contributed by atoms with van der Waals surface area (Å²) in [5, 5.41) is 5.23. The second-order valence-electron chi connectivity index (χ2n) is 5.79. The fourth-order valence-corrected chi connectivity index (χ4v) is 2.83. The summed E-state index contributed by atoms with van der Waals surface area (Å²) in [4.78, 5) is 23.8. The predicted octanol–water partition coefficient (Wildman–Crippen LogP) is 2.14. The van der Waals surface area contributed by atoms with E-state index in [1.807, 2.05) is 0 Å². The number of aromatic nitrogens is 3. The van der Waals surface area contributed by atoms with Crippen LogP contribution in [0.4, 0.5) is 13.2 Å². The van der Waals surface area contributed by atoms with Gasteiger partial charge in [-0.05, 0) is 23.8 Å². The summed E-state index contributed by atoms with van der Waals surface area (Å²) >= 11 is 6.04. The molecule has 0 aromatic carbocycles. The maximum atomic E-state index is 12.9. The smallest absolute Gasteiger partial charge is 0.358 e. The highest BCUT2D eigenvalue weighted by molar-refractivity contribution is 6.29. The third kappa shape index (κ3) is 4.52. The first-order chi connectivity index (χ1) is 12.8. The number of amides is 1. The Hall–Kier alpha value is -2.30. The van der Waals surface area contributed by atoms with Gasteiger partial charge in [0.15, 0.2) is 6.10 Å². The first kappa shape index (κ1) is 19.5. The fourth-order valence-electron chi connectivity index (χ4n) is 2.61. The van der Waals surface area contributed by atoms with E-state index in [0.717, 1.165) is 0 Å². The molecular weight excluding hydrogens is 387 g/mol. The number of halogens is 4. The highest BCUT2D eigenvalue weighted by Gasteiger charge is 2.44. The van der Waals surface area contributed by atoms with Gasteiger partial charge in [0.05, 0.1) is 17.5 Å². The first-order valence-electron chi connectivity index (χ1n) is 7.93. The lowest BCUT2D eigenvalue weighted by atomic mass is 10.1. The number of alkyl halides is 3. The molecular formula is C16H15ClF3N5O2. The summed E-state index contributed by atoms with van der Waals surface area (Å²) in [6.07, 6.45) is -6.05. The van der Waals surface area contributed by atoms with Gasteiger partial charge in [-0.1, -0.05) is 11.6 Å². The van der Waals surface area contributed by atoms with E-state index in [0.29, 0.717) is 17.0 Å². The molecule has 0 radical (unpaired) electrons. The SMILES string of the molecule is CNC(=O)c1cc(-c2cc(C3CNCC(C(F)(F)F)O3)cc(Cl)n2)ncn1. The summed E-state index contributed by atoms with van der Waals surface area (Å²) in [7, 11) is 1.46. The van der Waals surface area contributed by atoms with Crippen LogP contribution in [0.1, 0.15) is 22.2 Å². The molecule has 144 valence electrons. The van der Waals surface area contributed by atoms with Crippen LogP contribution in [0.5, 0.6) is 0 Å². The highest BCUT2D eigenvalue weighted by atomic mass is 35.5. The van der Waals surface area contributed by atoms with Gasteiger partial charge < -0.3 is 15.4 Å². The minimum Gasteiger partial charge on any atom is -0.358 e. The molecule has 2 unspecified atom stereocenters. The van der Waals surface area contributed by atoms with Crippen LogP contribution in [0, 0.1) is 0 Å². The minimum absolute atomic E-state index is 0.0698. The molecule has 7 nitrogen and oxygen atoms in total. The maximum absolute atomic E-state index is 12.9. The zero-order valence-electron chi connectivity index (χ0n) is 14.0. The standard InChI is InChI=1S/C16H15ClF3N5O2/c1-21-15(26)11-4-9(23-7-24-11)10-2-8(3-14(17)25-10)12-5-22-6-13(27-12)16(18,19)20/h2-4,7,12-13,22H,5-6H2,1H3,(H,21,26). The Morgan fingerprint density at radius 3 is 2.74 bits per heavy atom. The van der Waals surface area contributed by atoms with Crippen molar-refractivity contribution in [2.75, 3.05) is 20.1 Å². The Balaban J connectivity index is 1.92. The number of hydrogen-bond donors (Lipinski definition) is 2. The molecule has 2 N–H and O–H groups in total. The summed E-state index contributed by atoms with van der Waals surface area (Å²) in [6, 6.07) is 4.39. The Morgan fingerprint density at radius 2 is 2.04 bits per heavy atom. The third-order valence-electron chi connectivity index (χ3n) is 3.93. The quantitative estimate of drug-likeness (QED) is 0.766. The fraction of sp³-hybridized carbons (Fsp3) is 0.375. The van der Waals surface area contributed by atoms with Crippen molar-refractivity contribution in [1.82, 2.24) is 25.6 Å². The van der Waals surface area contributed by atoms with Crippen molar-refractivity contribution in [3.8, 4) is 11.4 Å². The molecule has 0 bridgehead atoms. The van der Waals surface area contributed by atoms with Crippen molar-refractivity contribution in [2.24, 2.45) is 0 Å². The molecule has 0 saturated carbocycles. The van der Waals surface area contributed by atoms with Gasteiger partial charge in [0.25, 0.3) is 5.91 Å². The van der Waals surface area contributed by atoms with Crippen LogP contribution in [-0.4, -0.2) is 53.3 Å². The number of carbonyl (C=O) groups is 1. The van der Waals surface area contributed by atoms with Gasteiger partial charge in [-0.3, -0.25) is 4.79 Å². The second-order valence-corrected chi connectivity index (χ2v) is 6.18. The van der Waals surface area contributed by atoms with Gasteiger partial charge in [0.1, 0.15) is 17.2 Å². The molecule has 1 fully saturated rings. The monoisotopic (exact) mass is 401 g/mol. The number of nitrogens with zero attached hydrogens (tertiary/aromatic N) is 3. The number of morpholine rings is 1. The van der Waals surface area contributed by atoms with Gasteiger partial charge in [0.2, 0.25) is 0 Å². The molecule has 1 aliphatic rings. The molecule has 2 atom stereocenters. The number of carbonyl (C=O) groups excluding carboxylic acids is 1. The van der Waals surface area contributed by atoms with Crippen molar-refractivity contribution >= 4 is 17.5 Å². The number of nitrogens with one attached hydrogen (secondary N) is 2. The van der Waals surface area contributed by atoms with Gasteiger partial charge in [0, 0.05) is 20.1 Å². The summed E-state index contributed by atoms with van der Waals surface area (Å²) in [5.41, 5.74) is 1.15. The van der Waals surface area contributed by atoms with Crippen molar-refractivity contribution in [3.05, 3.63) is 40.9 Å². The number of rotatable bonds is 3. The van der Waals surface area contributed by atoms with E-state index < -0.39 is 24.3 Å². The lowest BCUT2D eigenvalue weighted by molar-refractivity contribution is -0.240. The van der Waals surface area contributed by atoms with E-state index in [1.165, 1.54) is 31.6 Å². The zero-order valence-corrected chi connectivity index (χ0v) is 14.8. The average Bonchev–Trinajstić information content (AvgIpc) is 2.66. The summed E-state index contributed by atoms with van der Waals surface area (Å²) in [6.45, 7) is -0.118. The number of hydrogen-bond acceptors (Lipinski definition) is 6. The third-order valence-corrected chi connectivity index (χ3v) is 4.12. The highest BCUT2D eigenvalue weighted by Crippen LogP contribution is 2.32. The lowest BCUT2D eigenvalue weighted by Crippen LogP contribution is -2.48. The molecule has 1 amide bonds. The molecule has 1 aliphatic heterocycles. The summed E-state index contributed by atoms with van der Waals surface area (Å²) in [5.74, 6) is -0.409. The van der Waals surface area contributed by atoms with Crippen molar-refractivity contribution in [2.45, 2.75) is 18.4 Å². The molecule has 11 heteroatoms. The lowest BCUT2D eigenvalue weighted by Gasteiger charge is -2.32. The maximum Gasteiger partial charge on any atom is 0.415 e. The van der Waals surface area contributed by atoms with Crippen LogP contribution in [-0.2, 0) is 4.74 Å². The van der Waals surface area contributed by atoms with Gasteiger partial charge in [-0.15, -0.1) is 0 Å². The first-order valence-corrected chi connectivity index (χ1v) is 8.30. The van der Waals surface area contributed by atoms with Crippen LogP contribution < -0.4 is 10.6 Å². The van der Waals surface area contributed by atoms with Crippen LogP contribution in [0.2, 0.25) is 5.15 Å². The zero-order chi connectivity index (χ0) is 19.6. The number of pyridine rings is 1. The van der Waals surface area contributed by atoms with E-state index in [9.17, 15) is 18.0 Å². The largest absolute Gasteiger partial charge is 0.415 e. The molecule has 0 aliphatic carbocycles.